The van der Waals surface area contributed by atoms with Crippen molar-refractivity contribution in [3.05, 3.63) is 136 Å². The first kappa shape index (κ1) is 27.1. The molecule has 0 saturated heterocycles. The van der Waals surface area contributed by atoms with Crippen LogP contribution in [0.2, 0.25) is 5.02 Å². The molecule has 4 aromatic carbocycles. The van der Waals surface area contributed by atoms with Crippen LogP contribution in [0.4, 0.5) is 5.69 Å². The number of nitrogens with zero attached hydrogens (tertiary/aromatic N) is 4. The van der Waals surface area contributed by atoms with Crippen LogP contribution in [-0.2, 0) is 4.79 Å². The molecule has 0 saturated carbocycles. The number of methoxy groups -OCH3 is 1. The highest BCUT2D eigenvalue weighted by Crippen LogP contribution is 2.34. The van der Waals surface area contributed by atoms with Crippen molar-refractivity contribution < 1.29 is 14.3 Å². The summed E-state index contributed by atoms with van der Waals surface area (Å²) < 4.78 is 7.46. The van der Waals surface area contributed by atoms with Crippen LogP contribution in [0.5, 0.6) is 5.75 Å². The zero-order chi connectivity index (χ0) is 29.2. The predicted molar refractivity (Wildman–Crippen MR) is 162 cm³/mol. The molecule has 5 aromatic rings. The minimum atomic E-state index is -0.649. The summed E-state index contributed by atoms with van der Waals surface area (Å²) in [5, 5.41) is 12.3. The number of nitrogens with one attached hydrogen (secondary N) is 1. The normalized spacial score (nSPS) is 13.8. The molecule has 208 valence electrons. The van der Waals surface area contributed by atoms with E-state index in [1.165, 1.54) is 0 Å². The van der Waals surface area contributed by atoms with Gasteiger partial charge in [0.25, 0.3) is 0 Å². The van der Waals surface area contributed by atoms with Gasteiger partial charge in [-0.2, -0.15) is 0 Å². The second kappa shape index (κ2) is 11.4. The molecule has 1 aliphatic heterocycles. The molecule has 1 aromatic heterocycles. The van der Waals surface area contributed by atoms with Gasteiger partial charge in [0, 0.05) is 33.0 Å². The molecule has 0 fully saturated rings. The van der Waals surface area contributed by atoms with Gasteiger partial charge in [0.15, 0.2) is 11.6 Å². The average Bonchev–Trinajstić information content (AvgIpc) is 3.34. The highest BCUT2D eigenvalue weighted by molar-refractivity contribution is 6.30. The number of carbonyl (C=O) groups excluding carboxylic acids is 2. The van der Waals surface area contributed by atoms with Crippen molar-refractivity contribution in [2.24, 2.45) is 4.99 Å². The maximum Gasteiger partial charge on any atom is 0.227 e. The number of hydrogen-bond acceptors (Lipinski definition) is 6. The maximum absolute atomic E-state index is 13.5. The molecule has 42 heavy (non-hydrogen) atoms. The lowest BCUT2D eigenvalue weighted by Crippen LogP contribution is -2.17. The third-order valence-corrected chi connectivity index (χ3v) is 7.33. The summed E-state index contributed by atoms with van der Waals surface area (Å²) in [6.45, 7) is 1.87. The third-order valence-electron chi connectivity index (χ3n) is 7.07. The fourth-order valence-corrected chi connectivity index (χ4v) is 5.18. The van der Waals surface area contributed by atoms with E-state index in [4.69, 9.17) is 21.3 Å². The summed E-state index contributed by atoms with van der Waals surface area (Å²) >= 11 is 6.19. The smallest absolute Gasteiger partial charge is 0.227 e. The number of ketones is 1. The van der Waals surface area contributed by atoms with Gasteiger partial charge in [0.1, 0.15) is 17.6 Å². The first-order chi connectivity index (χ1) is 20.4. The standard InChI is InChI=1S/C33H26ClN5O3/c1-20-37-38-33-28(19-30(40)35-25-10-6-9-23(17-25)32(41)22-7-4-3-5-8-22)36-31(21-11-13-24(34)14-12-21)27-18-26(42-2)15-16-29(27)39(20)33/h3-18,28H,19H2,1-2H3,(H,35,40)/t28-/m0/s1. The van der Waals surface area contributed by atoms with Crippen molar-refractivity contribution in [2.75, 3.05) is 12.4 Å². The van der Waals surface area contributed by atoms with Crippen LogP contribution in [0.1, 0.15) is 51.2 Å². The van der Waals surface area contributed by atoms with Crippen LogP contribution in [-0.4, -0.2) is 39.3 Å². The lowest BCUT2D eigenvalue weighted by Gasteiger charge is -2.14. The van der Waals surface area contributed by atoms with Gasteiger partial charge in [-0.1, -0.05) is 66.2 Å². The third kappa shape index (κ3) is 5.32. The van der Waals surface area contributed by atoms with Gasteiger partial charge in [-0.25, -0.2) is 0 Å². The molecule has 1 amide bonds. The monoisotopic (exact) mass is 575 g/mol. The molecular weight excluding hydrogens is 550 g/mol. The van der Waals surface area contributed by atoms with Crippen molar-refractivity contribution in [1.82, 2.24) is 14.8 Å². The molecule has 0 spiro atoms. The van der Waals surface area contributed by atoms with E-state index in [-0.39, 0.29) is 18.1 Å². The Morgan fingerprint density at radius 3 is 2.43 bits per heavy atom. The van der Waals surface area contributed by atoms with E-state index in [9.17, 15) is 9.59 Å². The largest absolute Gasteiger partial charge is 0.497 e. The van der Waals surface area contributed by atoms with Crippen molar-refractivity contribution in [3.8, 4) is 11.4 Å². The van der Waals surface area contributed by atoms with E-state index in [1.807, 2.05) is 60.0 Å². The van der Waals surface area contributed by atoms with Gasteiger partial charge in [0.2, 0.25) is 5.91 Å². The van der Waals surface area contributed by atoms with E-state index in [0.29, 0.717) is 44.9 Å². The van der Waals surface area contributed by atoms with Gasteiger partial charge >= 0.3 is 0 Å². The Labute approximate surface area is 247 Å². The SMILES string of the molecule is COc1ccc2c(c1)C(c1ccc(Cl)cc1)=N[C@@H](CC(=O)Nc1cccc(C(=O)c3ccccc3)c1)c1nnc(C)n1-2. The number of aromatic nitrogens is 3. The second-order valence-corrected chi connectivity index (χ2v) is 10.3. The lowest BCUT2D eigenvalue weighted by molar-refractivity contribution is -0.116. The lowest BCUT2D eigenvalue weighted by atomic mass is 10.00. The summed E-state index contributed by atoms with van der Waals surface area (Å²) in [6, 6.07) is 28.4. The van der Waals surface area contributed by atoms with Gasteiger partial charge in [-0.3, -0.25) is 19.1 Å². The highest BCUT2D eigenvalue weighted by atomic mass is 35.5. The van der Waals surface area contributed by atoms with Crippen molar-refractivity contribution in [1.29, 1.82) is 0 Å². The first-order valence-corrected chi connectivity index (χ1v) is 13.7. The van der Waals surface area contributed by atoms with Crippen LogP contribution < -0.4 is 10.1 Å². The maximum atomic E-state index is 13.5. The Bertz CT molecular complexity index is 1830. The zero-order valence-electron chi connectivity index (χ0n) is 22.9. The molecule has 0 unspecified atom stereocenters. The molecule has 1 atom stereocenters. The highest BCUT2D eigenvalue weighted by Gasteiger charge is 2.30. The zero-order valence-corrected chi connectivity index (χ0v) is 23.7. The van der Waals surface area contributed by atoms with Crippen LogP contribution in [0.3, 0.4) is 0 Å². The fraction of sp³-hybridized carbons (Fsp3) is 0.121. The summed E-state index contributed by atoms with van der Waals surface area (Å²) in [5.74, 6) is 1.49. The number of anilines is 1. The molecule has 1 N–H and O–H groups in total. The number of fused-ring (bicyclic) bond motifs is 3. The molecule has 0 radical (unpaired) electrons. The van der Waals surface area contributed by atoms with E-state index in [2.05, 4.69) is 15.5 Å². The number of ether oxygens (including phenoxy) is 1. The predicted octanol–water partition coefficient (Wildman–Crippen LogP) is 6.39. The van der Waals surface area contributed by atoms with E-state index < -0.39 is 6.04 Å². The molecular formula is C33H26ClN5O3. The Morgan fingerprint density at radius 1 is 0.905 bits per heavy atom. The molecule has 6 rings (SSSR count). The Morgan fingerprint density at radius 2 is 1.67 bits per heavy atom. The summed E-state index contributed by atoms with van der Waals surface area (Å²) in [6.07, 6.45) is -0.00277. The Balaban J connectivity index is 1.35. The summed E-state index contributed by atoms with van der Waals surface area (Å²) in [5.41, 5.74) is 4.74. The van der Waals surface area contributed by atoms with Crippen molar-refractivity contribution >= 4 is 34.7 Å². The molecule has 1 aliphatic rings. The summed E-state index contributed by atoms with van der Waals surface area (Å²) in [4.78, 5) is 31.5. The minimum Gasteiger partial charge on any atom is -0.497 e. The number of aryl methyl sites for hydroxylation is 1. The number of amides is 1. The molecule has 2 heterocycles. The molecule has 0 aliphatic carbocycles. The number of halogens is 1. The van der Waals surface area contributed by atoms with E-state index in [1.54, 1.807) is 55.6 Å². The van der Waals surface area contributed by atoms with Gasteiger partial charge < -0.3 is 10.1 Å². The van der Waals surface area contributed by atoms with Crippen molar-refractivity contribution in [3.63, 3.8) is 0 Å². The van der Waals surface area contributed by atoms with Crippen molar-refractivity contribution in [2.45, 2.75) is 19.4 Å². The minimum absolute atomic E-state index is 0.00277. The number of benzene rings is 4. The first-order valence-electron chi connectivity index (χ1n) is 13.4. The van der Waals surface area contributed by atoms with Crippen LogP contribution >= 0.6 is 11.6 Å². The summed E-state index contributed by atoms with van der Waals surface area (Å²) in [7, 11) is 1.61. The van der Waals surface area contributed by atoms with E-state index >= 15 is 0 Å². The molecule has 9 heteroatoms. The Kier molecular flexibility index (Phi) is 7.37. The number of carbonyl (C=O) groups is 2. The molecule has 0 bridgehead atoms. The van der Waals surface area contributed by atoms with E-state index in [0.717, 1.165) is 16.8 Å². The number of rotatable bonds is 7. The fourth-order valence-electron chi connectivity index (χ4n) is 5.06. The number of aliphatic imine (C=N–C) groups is 1. The quantitative estimate of drug-likeness (QED) is 0.227. The molecule has 8 nitrogen and oxygen atoms in total. The Hall–Kier alpha value is -5.08. The number of hydrogen-bond donors (Lipinski definition) is 1. The topological polar surface area (TPSA) is 98.5 Å². The average molecular weight is 576 g/mol. The van der Waals surface area contributed by atoms with Crippen LogP contribution in [0.25, 0.3) is 5.69 Å². The van der Waals surface area contributed by atoms with Gasteiger partial charge in [0.05, 0.1) is 24.9 Å². The van der Waals surface area contributed by atoms with Gasteiger partial charge in [-0.05, 0) is 49.4 Å². The second-order valence-electron chi connectivity index (χ2n) is 9.85. The van der Waals surface area contributed by atoms with Crippen LogP contribution in [0.15, 0.2) is 102 Å². The van der Waals surface area contributed by atoms with Crippen LogP contribution in [0, 0.1) is 6.92 Å². The van der Waals surface area contributed by atoms with Gasteiger partial charge in [-0.15, -0.1) is 10.2 Å².